The molecule has 130 valence electrons. The second kappa shape index (κ2) is 6.86. The summed E-state index contributed by atoms with van der Waals surface area (Å²) in [5.41, 5.74) is -0.621. The maximum Gasteiger partial charge on any atom is 0.407 e. The van der Waals surface area contributed by atoms with E-state index in [4.69, 9.17) is 4.74 Å². The topological polar surface area (TPSA) is 95.9 Å². The van der Waals surface area contributed by atoms with Gasteiger partial charge in [-0.05, 0) is 46.5 Å². The van der Waals surface area contributed by atoms with Gasteiger partial charge in [0.2, 0.25) is 11.8 Å². The number of alkyl carbamates (subject to hydrolysis) is 1. The zero-order valence-corrected chi connectivity index (χ0v) is 14.0. The van der Waals surface area contributed by atoms with Gasteiger partial charge in [0.05, 0.1) is 18.2 Å². The first-order chi connectivity index (χ1) is 10.7. The van der Waals surface area contributed by atoms with Crippen molar-refractivity contribution in [3.63, 3.8) is 0 Å². The third-order valence-electron chi connectivity index (χ3n) is 4.14. The maximum absolute atomic E-state index is 12.2. The van der Waals surface area contributed by atoms with E-state index in [1.807, 2.05) is 0 Å². The lowest BCUT2D eigenvalue weighted by Gasteiger charge is -2.42. The molecular weight excluding hydrogens is 300 g/mol. The van der Waals surface area contributed by atoms with Gasteiger partial charge in [0, 0.05) is 12.8 Å². The molecule has 2 fully saturated rings. The van der Waals surface area contributed by atoms with Gasteiger partial charge >= 0.3 is 6.09 Å². The Hall–Kier alpha value is -1.63. The van der Waals surface area contributed by atoms with Crippen LogP contribution in [0.5, 0.6) is 0 Å². The quantitative estimate of drug-likeness (QED) is 0.746. The lowest BCUT2D eigenvalue weighted by Crippen LogP contribution is -2.59. The van der Waals surface area contributed by atoms with Crippen molar-refractivity contribution in [3.05, 3.63) is 0 Å². The zero-order chi connectivity index (χ0) is 17.2. The molecule has 0 aromatic carbocycles. The van der Waals surface area contributed by atoms with E-state index in [-0.39, 0.29) is 24.3 Å². The Balaban J connectivity index is 2.11. The number of amides is 3. The number of nitrogens with zero attached hydrogens (tertiary/aromatic N) is 1. The Bertz CT molecular complexity index is 469. The monoisotopic (exact) mass is 326 g/mol. The van der Waals surface area contributed by atoms with Crippen molar-refractivity contribution in [2.75, 3.05) is 0 Å². The Morgan fingerprint density at radius 3 is 2.39 bits per heavy atom. The highest BCUT2D eigenvalue weighted by Gasteiger charge is 2.41. The summed E-state index contributed by atoms with van der Waals surface area (Å²) >= 11 is 0. The molecule has 0 aromatic heterocycles. The van der Waals surface area contributed by atoms with Crippen LogP contribution in [0.1, 0.15) is 59.3 Å². The average Bonchev–Trinajstić information content (AvgIpc) is 2.39. The summed E-state index contributed by atoms with van der Waals surface area (Å²) in [6.45, 7) is 5.31. The minimum atomic E-state index is -0.621. The highest BCUT2D eigenvalue weighted by Crippen LogP contribution is 2.28. The molecule has 23 heavy (non-hydrogen) atoms. The Morgan fingerprint density at radius 2 is 1.83 bits per heavy atom. The van der Waals surface area contributed by atoms with E-state index in [9.17, 15) is 19.5 Å². The molecule has 2 rings (SSSR count). The smallest absolute Gasteiger partial charge is 0.407 e. The molecule has 0 radical (unpaired) electrons. The molecule has 7 nitrogen and oxygen atoms in total. The van der Waals surface area contributed by atoms with E-state index in [0.717, 1.165) is 0 Å². The number of hydrogen-bond acceptors (Lipinski definition) is 5. The maximum atomic E-state index is 12.2. The van der Waals surface area contributed by atoms with Crippen LogP contribution in [0, 0.1) is 0 Å². The second-order valence-corrected chi connectivity index (χ2v) is 7.30. The van der Waals surface area contributed by atoms with E-state index in [1.54, 1.807) is 20.8 Å². The van der Waals surface area contributed by atoms with E-state index in [2.05, 4.69) is 5.32 Å². The van der Waals surface area contributed by atoms with Crippen LogP contribution in [0.2, 0.25) is 0 Å². The summed E-state index contributed by atoms with van der Waals surface area (Å²) in [5, 5.41) is 12.7. The molecule has 0 spiro atoms. The number of aliphatic hydroxyl groups excluding tert-OH is 1. The number of imide groups is 1. The Kier molecular flexibility index (Phi) is 5.29. The van der Waals surface area contributed by atoms with Crippen molar-refractivity contribution in [1.29, 1.82) is 0 Å². The van der Waals surface area contributed by atoms with Gasteiger partial charge in [-0.25, -0.2) is 4.79 Å². The molecular formula is C16H26N2O5. The number of hydrogen-bond donors (Lipinski definition) is 2. The lowest BCUT2D eigenvalue weighted by molar-refractivity contribution is -0.153. The SMILES string of the molecule is CC(C)(C)OC(=O)NC1CCC(O)CC1N1C(=O)CCCC1=O. The average molecular weight is 326 g/mol. The Labute approximate surface area is 136 Å². The van der Waals surface area contributed by atoms with Crippen LogP contribution in [0.25, 0.3) is 0 Å². The van der Waals surface area contributed by atoms with Crippen molar-refractivity contribution in [1.82, 2.24) is 10.2 Å². The molecule has 1 saturated heterocycles. The first-order valence-corrected chi connectivity index (χ1v) is 8.20. The fourth-order valence-corrected chi connectivity index (χ4v) is 3.18. The van der Waals surface area contributed by atoms with Crippen molar-refractivity contribution >= 4 is 17.9 Å². The van der Waals surface area contributed by atoms with Gasteiger partial charge in [-0.2, -0.15) is 0 Å². The summed E-state index contributed by atoms with van der Waals surface area (Å²) in [7, 11) is 0. The van der Waals surface area contributed by atoms with Crippen LogP contribution in [-0.2, 0) is 14.3 Å². The van der Waals surface area contributed by atoms with Crippen LogP contribution in [-0.4, -0.2) is 51.7 Å². The van der Waals surface area contributed by atoms with Gasteiger partial charge in [0.25, 0.3) is 0 Å². The number of rotatable bonds is 2. The number of carbonyl (C=O) groups excluding carboxylic acids is 3. The first kappa shape index (κ1) is 17.7. The van der Waals surface area contributed by atoms with Crippen molar-refractivity contribution < 1.29 is 24.2 Å². The Morgan fingerprint density at radius 1 is 1.22 bits per heavy atom. The van der Waals surface area contributed by atoms with Gasteiger partial charge in [-0.3, -0.25) is 14.5 Å². The molecule has 3 amide bonds. The molecule has 7 heteroatoms. The predicted molar refractivity (Wildman–Crippen MR) is 82.5 cm³/mol. The molecule has 1 aliphatic heterocycles. The van der Waals surface area contributed by atoms with Crippen molar-refractivity contribution in [2.45, 2.75) is 83.1 Å². The van der Waals surface area contributed by atoms with E-state index in [0.29, 0.717) is 32.1 Å². The summed E-state index contributed by atoms with van der Waals surface area (Å²) < 4.78 is 5.26. The van der Waals surface area contributed by atoms with Crippen LogP contribution in [0.15, 0.2) is 0 Å². The van der Waals surface area contributed by atoms with Crippen molar-refractivity contribution in [2.24, 2.45) is 0 Å². The fraction of sp³-hybridized carbons (Fsp3) is 0.812. The molecule has 3 atom stereocenters. The van der Waals surface area contributed by atoms with Gasteiger partial charge in [-0.1, -0.05) is 0 Å². The summed E-state index contributed by atoms with van der Waals surface area (Å²) in [6, 6.07) is -0.897. The second-order valence-electron chi connectivity index (χ2n) is 7.30. The lowest BCUT2D eigenvalue weighted by atomic mass is 9.86. The molecule has 0 aromatic rings. The minimum absolute atomic E-state index is 0.226. The van der Waals surface area contributed by atoms with E-state index >= 15 is 0 Å². The molecule has 2 aliphatic rings. The first-order valence-electron chi connectivity index (χ1n) is 8.20. The van der Waals surface area contributed by atoms with E-state index in [1.165, 1.54) is 4.90 Å². The summed E-state index contributed by atoms with van der Waals surface area (Å²) in [5.74, 6) is -0.451. The highest BCUT2D eigenvalue weighted by atomic mass is 16.6. The largest absolute Gasteiger partial charge is 0.444 e. The normalized spacial score (nSPS) is 29.4. The highest BCUT2D eigenvalue weighted by molar-refractivity contribution is 5.98. The van der Waals surface area contributed by atoms with Crippen LogP contribution < -0.4 is 5.32 Å². The number of likely N-dealkylation sites (tertiary alicyclic amines) is 1. The minimum Gasteiger partial charge on any atom is -0.444 e. The third kappa shape index (κ3) is 4.67. The number of nitrogens with one attached hydrogen (secondary N) is 1. The molecule has 2 N–H and O–H groups in total. The summed E-state index contributed by atoms with van der Waals surface area (Å²) in [6.07, 6.45) is 1.40. The molecule has 1 aliphatic carbocycles. The van der Waals surface area contributed by atoms with Crippen LogP contribution in [0.3, 0.4) is 0 Å². The van der Waals surface area contributed by atoms with Gasteiger partial charge in [0.15, 0.2) is 0 Å². The number of piperidine rings is 1. The summed E-state index contributed by atoms with van der Waals surface area (Å²) in [4.78, 5) is 37.6. The molecule has 0 bridgehead atoms. The molecule has 1 saturated carbocycles. The number of aliphatic hydroxyl groups is 1. The predicted octanol–water partition coefficient (Wildman–Crippen LogP) is 1.33. The molecule has 1 heterocycles. The number of ether oxygens (including phenoxy) is 1. The van der Waals surface area contributed by atoms with Crippen LogP contribution >= 0.6 is 0 Å². The van der Waals surface area contributed by atoms with Gasteiger partial charge < -0.3 is 15.2 Å². The van der Waals surface area contributed by atoms with E-state index < -0.39 is 23.8 Å². The molecule has 3 unspecified atom stereocenters. The zero-order valence-electron chi connectivity index (χ0n) is 14.0. The standard InChI is InChI=1S/C16H26N2O5/c1-16(2,3)23-15(22)17-11-8-7-10(19)9-12(11)18-13(20)5-4-6-14(18)21/h10-12,19H,4-9H2,1-3H3,(H,17,22). The van der Waals surface area contributed by atoms with Gasteiger partial charge in [-0.15, -0.1) is 0 Å². The fourth-order valence-electron chi connectivity index (χ4n) is 3.18. The van der Waals surface area contributed by atoms with Gasteiger partial charge in [0.1, 0.15) is 5.60 Å². The number of carbonyl (C=O) groups is 3. The van der Waals surface area contributed by atoms with Crippen LogP contribution in [0.4, 0.5) is 4.79 Å². The third-order valence-corrected chi connectivity index (χ3v) is 4.14. The van der Waals surface area contributed by atoms with Crippen molar-refractivity contribution in [3.8, 4) is 0 Å².